The number of aliphatic hydroxyl groups is 1. The molecular formula is C12H19FN2O3S. The molecule has 1 unspecified atom stereocenters. The summed E-state index contributed by atoms with van der Waals surface area (Å²) in [6, 6.07) is 1.78. The molecule has 108 valence electrons. The Labute approximate surface area is 112 Å². The van der Waals surface area contributed by atoms with E-state index in [9.17, 15) is 12.8 Å². The Balaban J connectivity index is 3.07. The second-order valence-electron chi connectivity index (χ2n) is 4.36. The van der Waals surface area contributed by atoms with Crippen LogP contribution in [0.5, 0.6) is 0 Å². The maximum Gasteiger partial charge on any atom is 0.240 e. The molecule has 1 aromatic rings. The van der Waals surface area contributed by atoms with Crippen LogP contribution in [0.4, 0.5) is 10.1 Å². The van der Waals surface area contributed by atoms with Crippen molar-refractivity contribution in [2.24, 2.45) is 0 Å². The van der Waals surface area contributed by atoms with Crippen LogP contribution in [0.3, 0.4) is 0 Å². The molecule has 19 heavy (non-hydrogen) atoms. The van der Waals surface area contributed by atoms with Gasteiger partial charge < -0.3 is 10.8 Å². The SMILES string of the molecule is CCC(CCO)NS(=O)(=O)c1cc(N)c(C)c(F)c1. The van der Waals surface area contributed by atoms with Crippen LogP contribution in [-0.2, 0) is 10.0 Å². The normalized spacial score (nSPS) is 13.5. The topological polar surface area (TPSA) is 92.4 Å². The Morgan fingerprint density at radius 2 is 2.11 bits per heavy atom. The minimum absolute atomic E-state index is 0.0931. The smallest absolute Gasteiger partial charge is 0.240 e. The summed E-state index contributed by atoms with van der Waals surface area (Å²) < 4.78 is 40.1. The highest BCUT2D eigenvalue weighted by atomic mass is 32.2. The fourth-order valence-electron chi connectivity index (χ4n) is 1.62. The van der Waals surface area contributed by atoms with Crippen LogP contribution in [0.25, 0.3) is 0 Å². The molecule has 7 heteroatoms. The monoisotopic (exact) mass is 290 g/mol. The molecule has 0 radical (unpaired) electrons. The second kappa shape index (κ2) is 6.31. The molecule has 1 rings (SSSR count). The highest BCUT2D eigenvalue weighted by Crippen LogP contribution is 2.21. The van der Waals surface area contributed by atoms with Crippen LogP contribution >= 0.6 is 0 Å². The number of aliphatic hydroxyl groups excluding tert-OH is 1. The van der Waals surface area contributed by atoms with E-state index < -0.39 is 15.8 Å². The number of anilines is 1. The third kappa shape index (κ3) is 3.89. The molecule has 0 amide bonds. The second-order valence-corrected chi connectivity index (χ2v) is 6.07. The number of hydrogen-bond donors (Lipinski definition) is 3. The lowest BCUT2D eigenvalue weighted by Crippen LogP contribution is -2.35. The van der Waals surface area contributed by atoms with Gasteiger partial charge in [0.05, 0.1) is 4.90 Å². The predicted octanol–water partition coefficient (Wildman–Crippen LogP) is 1.16. The lowest BCUT2D eigenvalue weighted by Gasteiger charge is -2.16. The Morgan fingerprint density at radius 3 is 2.58 bits per heavy atom. The standard InChI is InChI=1S/C12H19FN2O3S/c1-3-9(4-5-16)15-19(17,18)10-6-11(13)8(2)12(14)7-10/h6-7,9,15-16H,3-5,14H2,1-2H3. The van der Waals surface area contributed by atoms with Gasteiger partial charge >= 0.3 is 0 Å². The van der Waals surface area contributed by atoms with Crippen molar-refractivity contribution in [2.75, 3.05) is 12.3 Å². The van der Waals surface area contributed by atoms with Gasteiger partial charge in [0.25, 0.3) is 0 Å². The third-order valence-corrected chi connectivity index (χ3v) is 4.46. The molecular weight excluding hydrogens is 271 g/mol. The van der Waals surface area contributed by atoms with Crippen molar-refractivity contribution >= 4 is 15.7 Å². The number of nitrogen functional groups attached to an aromatic ring is 1. The van der Waals surface area contributed by atoms with E-state index in [1.54, 1.807) is 6.92 Å². The van der Waals surface area contributed by atoms with E-state index in [4.69, 9.17) is 10.8 Å². The van der Waals surface area contributed by atoms with Gasteiger partial charge in [0.2, 0.25) is 10.0 Å². The van der Waals surface area contributed by atoms with E-state index in [0.717, 1.165) is 6.07 Å². The molecule has 0 aliphatic carbocycles. The molecule has 1 aromatic carbocycles. The maximum absolute atomic E-state index is 13.5. The van der Waals surface area contributed by atoms with Crippen molar-refractivity contribution in [3.63, 3.8) is 0 Å². The van der Waals surface area contributed by atoms with Gasteiger partial charge in [-0.15, -0.1) is 0 Å². The molecule has 0 saturated carbocycles. The average molecular weight is 290 g/mol. The van der Waals surface area contributed by atoms with Crippen molar-refractivity contribution in [2.45, 2.75) is 37.6 Å². The van der Waals surface area contributed by atoms with Crippen LogP contribution < -0.4 is 10.5 Å². The largest absolute Gasteiger partial charge is 0.398 e. The van der Waals surface area contributed by atoms with Gasteiger partial charge in [-0.05, 0) is 31.9 Å². The minimum atomic E-state index is -3.84. The van der Waals surface area contributed by atoms with Crippen molar-refractivity contribution in [1.29, 1.82) is 0 Å². The molecule has 1 atom stereocenters. The van der Waals surface area contributed by atoms with Crippen molar-refractivity contribution in [1.82, 2.24) is 4.72 Å². The summed E-state index contributed by atoms with van der Waals surface area (Å²) >= 11 is 0. The van der Waals surface area contributed by atoms with Crippen molar-refractivity contribution in [3.8, 4) is 0 Å². The molecule has 0 bridgehead atoms. The first-order valence-corrected chi connectivity index (χ1v) is 7.49. The summed E-state index contributed by atoms with van der Waals surface area (Å²) in [6.07, 6.45) is 0.836. The summed E-state index contributed by atoms with van der Waals surface area (Å²) in [5.74, 6) is -0.657. The quantitative estimate of drug-likeness (QED) is 0.685. The zero-order valence-corrected chi connectivity index (χ0v) is 11.8. The van der Waals surface area contributed by atoms with Gasteiger partial charge in [-0.3, -0.25) is 0 Å². The molecule has 0 fully saturated rings. The van der Waals surface area contributed by atoms with Crippen molar-refractivity contribution in [3.05, 3.63) is 23.5 Å². The van der Waals surface area contributed by atoms with Crippen LogP contribution in [0, 0.1) is 12.7 Å². The zero-order chi connectivity index (χ0) is 14.6. The van der Waals surface area contributed by atoms with E-state index in [1.807, 2.05) is 0 Å². The number of nitrogens with two attached hydrogens (primary N) is 1. The van der Waals surface area contributed by atoms with Gasteiger partial charge in [0.1, 0.15) is 5.82 Å². The lowest BCUT2D eigenvalue weighted by molar-refractivity contribution is 0.270. The fraction of sp³-hybridized carbons (Fsp3) is 0.500. The predicted molar refractivity (Wildman–Crippen MR) is 71.7 cm³/mol. The number of halogens is 1. The molecule has 0 aliphatic heterocycles. The summed E-state index contributed by atoms with van der Waals surface area (Å²) in [4.78, 5) is -0.204. The van der Waals surface area contributed by atoms with E-state index in [0.29, 0.717) is 12.8 Å². The number of sulfonamides is 1. The number of nitrogens with one attached hydrogen (secondary N) is 1. The van der Waals surface area contributed by atoms with E-state index in [-0.39, 0.29) is 28.8 Å². The van der Waals surface area contributed by atoms with Gasteiger partial charge in [-0.1, -0.05) is 6.92 Å². The lowest BCUT2D eigenvalue weighted by atomic mass is 10.2. The first-order chi connectivity index (χ1) is 8.81. The van der Waals surface area contributed by atoms with E-state index in [1.165, 1.54) is 13.0 Å². The van der Waals surface area contributed by atoms with Gasteiger partial charge in [-0.25, -0.2) is 17.5 Å². The zero-order valence-electron chi connectivity index (χ0n) is 11.0. The minimum Gasteiger partial charge on any atom is -0.398 e. The molecule has 0 aliphatic rings. The van der Waals surface area contributed by atoms with E-state index in [2.05, 4.69) is 4.72 Å². The fourth-order valence-corrected chi connectivity index (χ4v) is 3.02. The summed E-state index contributed by atoms with van der Waals surface area (Å²) in [5, 5.41) is 8.84. The highest BCUT2D eigenvalue weighted by molar-refractivity contribution is 7.89. The Kier molecular flexibility index (Phi) is 5.28. The Morgan fingerprint density at radius 1 is 1.47 bits per heavy atom. The molecule has 0 heterocycles. The van der Waals surface area contributed by atoms with Crippen LogP contribution in [0.15, 0.2) is 17.0 Å². The van der Waals surface area contributed by atoms with Gasteiger partial charge in [-0.2, -0.15) is 0 Å². The summed E-state index contributed by atoms with van der Waals surface area (Å²) in [7, 11) is -3.84. The van der Waals surface area contributed by atoms with Crippen LogP contribution in [0.1, 0.15) is 25.3 Å². The van der Waals surface area contributed by atoms with Crippen molar-refractivity contribution < 1.29 is 17.9 Å². The summed E-state index contributed by atoms with van der Waals surface area (Å²) in [6.45, 7) is 3.16. The summed E-state index contributed by atoms with van der Waals surface area (Å²) in [5.41, 5.74) is 5.88. The van der Waals surface area contributed by atoms with Gasteiger partial charge in [0, 0.05) is 23.9 Å². The maximum atomic E-state index is 13.5. The molecule has 0 saturated heterocycles. The molecule has 5 nitrogen and oxygen atoms in total. The number of benzene rings is 1. The first-order valence-electron chi connectivity index (χ1n) is 6.00. The molecule has 0 aromatic heterocycles. The first kappa shape index (κ1) is 15.9. The average Bonchev–Trinajstić information content (AvgIpc) is 2.34. The van der Waals surface area contributed by atoms with Crippen LogP contribution in [-0.4, -0.2) is 26.2 Å². The van der Waals surface area contributed by atoms with Crippen LogP contribution in [0.2, 0.25) is 0 Å². The molecule has 0 spiro atoms. The van der Waals surface area contributed by atoms with Gasteiger partial charge in [0.15, 0.2) is 0 Å². The molecule has 4 N–H and O–H groups in total. The number of rotatable bonds is 6. The Hall–Kier alpha value is -1.18. The highest BCUT2D eigenvalue weighted by Gasteiger charge is 2.20. The van der Waals surface area contributed by atoms with E-state index >= 15 is 0 Å². The number of hydrogen-bond acceptors (Lipinski definition) is 4. The third-order valence-electron chi connectivity index (χ3n) is 2.96. The Bertz CT molecular complexity index is 523.